The van der Waals surface area contributed by atoms with Gasteiger partial charge in [-0.15, -0.1) is 0 Å². The molecule has 2 rings (SSSR count). The second-order valence-corrected chi connectivity index (χ2v) is 11.1. The van der Waals surface area contributed by atoms with Gasteiger partial charge in [-0.2, -0.15) is 0 Å². The average molecular weight is 526 g/mol. The molecule has 0 aliphatic heterocycles. The van der Waals surface area contributed by atoms with E-state index in [1.54, 1.807) is 52.8 Å². The molecule has 0 spiro atoms. The number of nitrogens with zero attached hydrogens (tertiary/aromatic N) is 1. The lowest BCUT2D eigenvalue weighted by molar-refractivity contribution is -0.140. The molecule has 208 valence electrons. The van der Waals surface area contributed by atoms with Crippen LogP contribution in [-0.4, -0.2) is 46.1 Å². The molecule has 2 aromatic carbocycles. The number of hydrogen-bond acceptors (Lipinski definition) is 5. The molecule has 0 saturated heterocycles. The first-order valence-corrected chi connectivity index (χ1v) is 13.1. The quantitative estimate of drug-likeness (QED) is 0.384. The Morgan fingerprint density at radius 3 is 2.05 bits per heavy atom. The number of phenols is 1. The maximum atomic E-state index is 14.0. The largest absolute Gasteiger partial charge is 0.507 e. The highest BCUT2D eigenvalue weighted by molar-refractivity contribution is 6.00. The molecule has 0 heterocycles. The van der Waals surface area contributed by atoms with Crippen LogP contribution in [0, 0.1) is 26.7 Å². The Labute approximate surface area is 226 Å². The van der Waals surface area contributed by atoms with Crippen LogP contribution in [0.5, 0.6) is 5.75 Å². The molecule has 2 atom stereocenters. The van der Waals surface area contributed by atoms with Crippen molar-refractivity contribution in [2.75, 3.05) is 11.9 Å². The topological polar surface area (TPSA) is 108 Å². The molecule has 8 heteroatoms. The van der Waals surface area contributed by atoms with Gasteiger partial charge in [0, 0.05) is 17.8 Å². The minimum atomic E-state index is -1.14. The van der Waals surface area contributed by atoms with Gasteiger partial charge in [0.2, 0.25) is 5.91 Å². The predicted molar refractivity (Wildman–Crippen MR) is 150 cm³/mol. The van der Waals surface area contributed by atoms with Gasteiger partial charge in [-0.3, -0.25) is 9.59 Å². The van der Waals surface area contributed by atoms with E-state index >= 15 is 0 Å². The van der Waals surface area contributed by atoms with Gasteiger partial charge in [-0.1, -0.05) is 50.2 Å². The van der Waals surface area contributed by atoms with Crippen LogP contribution in [0.2, 0.25) is 0 Å². The number of aromatic hydroxyl groups is 1. The van der Waals surface area contributed by atoms with Gasteiger partial charge in [-0.05, 0) is 77.5 Å². The average Bonchev–Trinajstić information content (AvgIpc) is 2.79. The molecule has 2 unspecified atom stereocenters. The summed E-state index contributed by atoms with van der Waals surface area (Å²) in [5.41, 5.74) is 2.57. The summed E-state index contributed by atoms with van der Waals surface area (Å²) in [6.45, 7) is 16.6. The number of para-hydroxylation sites is 2. The number of carbonyl (C=O) groups excluding carboxylic acids is 3. The van der Waals surface area contributed by atoms with Crippen LogP contribution in [0.3, 0.4) is 0 Å². The van der Waals surface area contributed by atoms with Crippen LogP contribution >= 0.6 is 0 Å². The van der Waals surface area contributed by atoms with Crippen molar-refractivity contribution >= 4 is 23.6 Å². The minimum absolute atomic E-state index is 0.0547. The van der Waals surface area contributed by atoms with Crippen molar-refractivity contribution in [1.29, 1.82) is 0 Å². The number of alkyl carbamates (subject to hydrolysis) is 1. The molecule has 0 aliphatic carbocycles. The summed E-state index contributed by atoms with van der Waals surface area (Å²) in [6, 6.07) is 8.77. The lowest BCUT2D eigenvalue weighted by Gasteiger charge is -2.34. The summed E-state index contributed by atoms with van der Waals surface area (Å²) in [5, 5.41) is 16.7. The van der Waals surface area contributed by atoms with Gasteiger partial charge in [-0.25, -0.2) is 4.79 Å². The highest BCUT2D eigenvalue weighted by Gasteiger charge is 2.37. The minimum Gasteiger partial charge on any atom is -0.507 e. The highest BCUT2D eigenvalue weighted by atomic mass is 16.6. The van der Waals surface area contributed by atoms with Crippen LogP contribution < -0.4 is 10.6 Å². The molecule has 0 fully saturated rings. The number of ether oxygens (including phenoxy) is 1. The highest BCUT2D eigenvalue weighted by Crippen LogP contribution is 2.34. The maximum Gasteiger partial charge on any atom is 0.408 e. The Balaban J connectivity index is 2.56. The predicted octanol–water partition coefficient (Wildman–Crippen LogP) is 5.79. The molecule has 3 amide bonds. The number of rotatable bonds is 9. The number of carbonyl (C=O) groups is 3. The van der Waals surface area contributed by atoms with Crippen molar-refractivity contribution in [3.05, 3.63) is 58.7 Å². The van der Waals surface area contributed by atoms with Crippen LogP contribution in [0.4, 0.5) is 10.5 Å². The van der Waals surface area contributed by atoms with Gasteiger partial charge in [0.1, 0.15) is 23.4 Å². The van der Waals surface area contributed by atoms with E-state index in [2.05, 4.69) is 10.6 Å². The zero-order valence-corrected chi connectivity index (χ0v) is 24.1. The molecular formula is C30H43N3O5. The molecule has 0 saturated carbocycles. The number of anilines is 1. The van der Waals surface area contributed by atoms with E-state index in [4.69, 9.17) is 4.74 Å². The van der Waals surface area contributed by atoms with Gasteiger partial charge in [0.05, 0.1) is 0 Å². The SMILES string of the molecule is CCN(C(=O)C(CC(C)C)NC(=O)OC(C)(C)C)C(C(=O)Nc1c(C)cccc1C)c1cccc(C)c1O. The van der Waals surface area contributed by atoms with Crippen molar-refractivity contribution in [2.45, 2.75) is 86.4 Å². The maximum absolute atomic E-state index is 14.0. The number of aryl methyl sites for hydroxylation is 3. The summed E-state index contributed by atoms with van der Waals surface area (Å²) in [4.78, 5) is 42.0. The lowest BCUT2D eigenvalue weighted by atomic mass is 9.97. The first-order chi connectivity index (χ1) is 17.7. The zero-order valence-electron chi connectivity index (χ0n) is 24.1. The molecule has 8 nitrogen and oxygen atoms in total. The molecule has 0 aromatic heterocycles. The van der Waals surface area contributed by atoms with E-state index in [9.17, 15) is 19.5 Å². The van der Waals surface area contributed by atoms with Crippen LogP contribution in [-0.2, 0) is 14.3 Å². The Bertz CT molecular complexity index is 1130. The molecule has 2 aromatic rings. The number of likely N-dealkylation sites (N-methyl/N-ethyl adjacent to an activating group) is 1. The van der Waals surface area contributed by atoms with Crippen LogP contribution in [0.1, 0.15) is 76.3 Å². The third kappa shape index (κ3) is 7.97. The van der Waals surface area contributed by atoms with Crippen LogP contribution in [0.25, 0.3) is 0 Å². The monoisotopic (exact) mass is 525 g/mol. The first-order valence-electron chi connectivity index (χ1n) is 13.1. The number of amides is 3. The Morgan fingerprint density at radius 2 is 1.53 bits per heavy atom. The fourth-order valence-electron chi connectivity index (χ4n) is 4.36. The van der Waals surface area contributed by atoms with Crippen LogP contribution in [0.15, 0.2) is 36.4 Å². The van der Waals surface area contributed by atoms with E-state index in [-0.39, 0.29) is 18.2 Å². The fourth-order valence-corrected chi connectivity index (χ4v) is 4.36. The van der Waals surface area contributed by atoms with E-state index in [1.165, 1.54) is 4.90 Å². The Hall–Kier alpha value is -3.55. The first kappa shape index (κ1) is 30.7. The van der Waals surface area contributed by atoms with Crippen molar-refractivity contribution in [1.82, 2.24) is 10.2 Å². The molecule has 0 radical (unpaired) electrons. The molecule has 0 aliphatic rings. The van der Waals surface area contributed by atoms with E-state index < -0.39 is 35.6 Å². The number of benzene rings is 2. The van der Waals surface area contributed by atoms with E-state index in [1.807, 2.05) is 45.9 Å². The second kappa shape index (κ2) is 12.8. The summed E-state index contributed by atoms with van der Waals surface area (Å²) >= 11 is 0. The summed E-state index contributed by atoms with van der Waals surface area (Å²) in [6.07, 6.45) is -0.359. The van der Waals surface area contributed by atoms with Crippen molar-refractivity contribution in [3.63, 3.8) is 0 Å². The van der Waals surface area contributed by atoms with E-state index in [0.29, 0.717) is 23.2 Å². The Kier molecular flexibility index (Phi) is 10.3. The van der Waals surface area contributed by atoms with Crippen molar-refractivity contribution < 1.29 is 24.2 Å². The molecular weight excluding hydrogens is 482 g/mol. The number of nitrogens with one attached hydrogen (secondary N) is 2. The van der Waals surface area contributed by atoms with Crippen molar-refractivity contribution in [3.8, 4) is 5.75 Å². The smallest absolute Gasteiger partial charge is 0.408 e. The summed E-state index contributed by atoms with van der Waals surface area (Å²) in [5.74, 6) is -0.874. The second-order valence-electron chi connectivity index (χ2n) is 11.1. The fraction of sp³-hybridized carbons (Fsp3) is 0.500. The van der Waals surface area contributed by atoms with Gasteiger partial charge in [0.25, 0.3) is 5.91 Å². The zero-order chi connectivity index (χ0) is 28.8. The number of phenolic OH excluding ortho intramolecular Hbond substituents is 1. The van der Waals surface area contributed by atoms with E-state index in [0.717, 1.165) is 11.1 Å². The van der Waals surface area contributed by atoms with Crippen molar-refractivity contribution in [2.24, 2.45) is 5.92 Å². The molecule has 38 heavy (non-hydrogen) atoms. The standard InChI is InChI=1S/C30H43N3O5/c1-10-33(28(36)23(17-18(2)3)31-29(37)38-30(7,8)9)25(22-16-12-15-21(6)26(22)34)27(35)32-24-19(4)13-11-14-20(24)5/h11-16,18,23,25,34H,10,17H2,1-9H3,(H,31,37)(H,32,35). The van der Waals surface area contributed by atoms with Gasteiger partial charge >= 0.3 is 6.09 Å². The molecule has 0 bridgehead atoms. The normalized spacial score (nSPS) is 13.0. The van der Waals surface area contributed by atoms with Gasteiger partial charge in [0.15, 0.2) is 0 Å². The summed E-state index contributed by atoms with van der Waals surface area (Å²) in [7, 11) is 0. The Morgan fingerprint density at radius 1 is 0.974 bits per heavy atom. The third-order valence-electron chi connectivity index (χ3n) is 6.17. The molecule has 3 N–H and O–H groups in total. The van der Waals surface area contributed by atoms with Gasteiger partial charge < -0.3 is 25.4 Å². The number of hydrogen-bond donors (Lipinski definition) is 3. The summed E-state index contributed by atoms with van der Waals surface area (Å²) < 4.78 is 5.41. The third-order valence-corrected chi connectivity index (χ3v) is 6.17. The lowest BCUT2D eigenvalue weighted by Crippen LogP contribution is -2.52.